The number of hydrogen-bond donors (Lipinski definition) is 3. The van der Waals surface area contributed by atoms with E-state index in [4.69, 9.17) is 4.74 Å². The summed E-state index contributed by atoms with van der Waals surface area (Å²) in [6, 6.07) is 3.51. The summed E-state index contributed by atoms with van der Waals surface area (Å²) < 4.78 is 18.0. The molecule has 0 aliphatic carbocycles. The summed E-state index contributed by atoms with van der Waals surface area (Å²) in [6.07, 6.45) is 1.04. The van der Waals surface area contributed by atoms with E-state index in [1.165, 1.54) is 12.1 Å². The molecule has 2 rings (SSSR count). The molecule has 0 fully saturated rings. The molecule has 1 heterocycles. The quantitative estimate of drug-likeness (QED) is 0.734. The summed E-state index contributed by atoms with van der Waals surface area (Å²) >= 11 is 0.950. The van der Waals surface area contributed by atoms with Crippen molar-refractivity contribution in [2.24, 2.45) is 0 Å². The second-order valence-corrected chi connectivity index (χ2v) is 4.92. The number of aromatic hydroxyl groups is 2. The van der Waals surface area contributed by atoms with Gasteiger partial charge in [-0.2, -0.15) is 0 Å². The van der Waals surface area contributed by atoms with Crippen LogP contribution in [0.2, 0.25) is 0 Å². The molecule has 0 saturated heterocycles. The highest BCUT2D eigenvalue weighted by Gasteiger charge is 2.07. The first kappa shape index (κ1) is 13.4. The van der Waals surface area contributed by atoms with Crippen molar-refractivity contribution in [3.8, 4) is 17.4 Å². The molecule has 0 amide bonds. The largest absolute Gasteiger partial charge is 0.504 e. The van der Waals surface area contributed by atoms with Gasteiger partial charge in [0.1, 0.15) is 5.82 Å². The Morgan fingerprint density at radius 2 is 2.16 bits per heavy atom. The van der Waals surface area contributed by atoms with Gasteiger partial charge < -0.3 is 14.9 Å². The number of H-pyrrole nitrogens is 1. The number of aromatic nitrogens is 1. The van der Waals surface area contributed by atoms with Crippen LogP contribution < -0.4 is 9.61 Å². The van der Waals surface area contributed by atoms with Crippen LogP contribution in [-0.2, 0) is 6.42 Å². The van der Waals surface area contributed by atoms with Crippen molar-refractivity contribution in [1.82, 2.24) is 4.98 Å². The van der Waals surface area contributed by atoms with E-state index in [9.17, 15) is 19.4 Å². The van der Waals surface area contributed by atoms with Gasteiger partial charge >= 0.3 is 4.87 Å². The standard InChI is InChI=1S/C12H12FNO4S/c13-7-3-4-9(8(15)6-7)18-5-1-2-10-11(16)14-12(17)19-10/h3-4,6,15-16H,1-2,5H2,(H,14,17). The van der Waals surface area contributed by atoms with Gasteiger partial charge in [0.25, 0.3) is 0 Å². The second-order valence-electron chi connectivity index (χ2n) is 3.85. The van der Waals surface area contributed by atoms with Crippen molar-refractivity contribution in [3.63, 3.8) is 0 Å². The molecule has 0 spiro atoms. The fourth-order valence-electron chi connectivity index (χ4n) is 1.55. The minimum atomic E-state index is -0.535. The van der Waals surface area contributed by atoms with Gasteiger partial charge in [0.05, 0.1) is 11.5 Å². The molecule has 0 bridgehead atoms. The first-order valence-corrected chi connectivity index (χ1v) is 6.40. The molecule has 1 aromatic carbocycles. The van der Waals surface area contributed by atoms with Crippen LogP contribution in [-0.4, -0.2) is 21.8 Å². The van der Waals surface area contributed by atoms with Crippen molar-refractivity contribution in [1.29, 1.82) is 0 Å². The number of thiazole rings is 1. The molecule has 0 saturated carbocycles. The summed E-state index contributed by atoms with van der Waals surface area (Å²) in [6.45, 7) is 0.282. The Bertz CT molecular complexity index is 622. The molecule has 19 heavy (non-hydrogen) atoms. The molecule has 102 valence electrons. The van der Waals surface area contributed by atoms with E-state index < -0.39 is 5.82 Å². The van der Waals surface area contributed by atoms with Crippen LogP contribution in [0.3, 0.4) is 0 Å². The average molecular weight is 285 g/mol. The maximum Gasteiger partial charge on any atom is 0.307 e. The smallest absolute Gasteiger partial charge is 0.307 e. The highest BCUT2D eigenvalue weighted by molar-refractivity contribution is 7.09. The summed E-state index contributed by atoms with van der Waals surface area (Å²) in [4.78, 5) is 13.5. The van der Waals surface area contributed by atoms with Crippen LogP contribution in [0.4, 0.5) is 4.39 Å². The van der Waals surface area contributed by atoms with Crippen LogP contribution >= 0.6 is 11.3 Å². The van der Waals surface area contributed by atoms with Crippen LogP contribution in [0.1, 0.15) is 11.3 Å². The Hall–Kier alpha value is -2.02. The lowest BCUT2D eigenvalue weighted by Crippen LogP contribution is -1.99. The van der Waals surface area contributed by atoms with Gasteiger partial charge in [-0.15, -0.1) is 0 Å². The van der Waals surface area contributed by atoms with Gasteiger partial charge in [0.15, 0.2) is 11.5 Å². The molecule has 3 N–H and O–H groups in total. The van der Waals surface area contributed by atoms with Gasteiger partial charge in [-0.05, 0) is 25.0 Å². The summed E-state index contributed by atoms with van der Waals surface area (Å²) in [5.74, 6) is -0.700. The van der Waals surface area contributed by atoms with Crippen molar-refractivity contribution in [2.45, 2.75) is 12.8 Å². The second kappa shape index (κ2) is 5.75. The van der Waals surface area contributed by atoms with E-state index in [0.717, 1.165) is 17.4 Å². The number of phenolic OH excluding ortho intramolecular Hbond substituents is 1. The molecule has 0 atom stereocenters. The van der Waals surface area contributed by atoms with Crippen molar-refractivity contribution in [3.05, 3.63) is 38.6 Å². The molecular weight excluding hydrogens is 273 g/mol. The van der Waals surface area contributed by atoms with Gasteiger partial charge in [0.2, 0.25) is 5.88 Å². The number of nitrogens with one attached hydrogen (secondary N) is 1. The van der Waals surface area contributed by atoms with E-state index in [2.05, 4.69) is 4.98 Å². The number of hydrogen-bond acceptors (Lipinski definition) is 5. The zero-order valence-corrected chi connectivity index (χ0v) is 10.7. The fourth-order valence-corrected chi connectivity index (χ4v) is 2.31. The average Bonchev–Trinajstić information content (AvgIpc) is 2.65. The SMILES string of the molecule is O=c1[nH]c(O)c(CCCOc2ccc(F)cc2O)s1. The Kier molecular flexibility index (Phi) is 4.06. The van der Waals surface area contributed by atoms with Crippen molar-refractivity contribution in [2.75, 3.05) is 6.61 Å². The normalized spacial score (nSPS) is 10.6. The number of aromatic amines is 1. The van der Waals surface area contributed by atoms with Gasteiger partial charge in [-0.1, -0.05) is 11.3 Å². The Morgan fingerprint density at radius 3 is 2.79 bits per heavy atom. The minimum absolute atomic E-state index is 0.111. The van der Waals surface area contributed by atoms with Gasteiger partial charge in [-0.25, -0.2) is 4.39 Å². The molecule has 0 radical (unpaired) electrons. The van der Waals surface area contributed by atoms with Gasteiger partial charge in [0, 0.05) is 6.07 Å². The summed E-state index contributed by atoms with van der Waals surface area (Å²) in [7, 11) is 0. The number of rotatable bonds is 5. The number of halogens is 1. The lowest BCUT2D eigenvalue weighted by molar-refractivity contribution is 0.293. The molecular formula is C12H12FNO4S. The summed E-state index contributed by atoms with van der Waals surface area (Å²) in [5.41, 5.74) is 0. The van der Waals surface area contributed by atoms with E-state index in [0.29, 0.717) is 17.7 Å². The van der Waals surface area contributed by atoms with E-state index in [1.54, 1.807) is 0 Å². The Labute approximate surface area is 111 Å². The van der Waals surface area contributed by atoms with E-state index >= 15 is 0 Å². The van der Waals surface area contributed by atoms with Crippen molar-refractivity contribution >= 4 is 11.3 Å². The third-order valence-electron chi connectivity index (χ3n) is 2.43. The number of phenols is 1. The highest BCUT2D eigenvalue weighted by atomic mass is 32.1. The molecule has 0 aliphatic heterocycles. The number of aryl methyl sites for hydroxylation is 1. The highest BCUT2D eigenvalue weighted by Crippen LogP contribution is 2.26. The minimum Gasteiger partial charge on any atom is -0.504 e. The number of ether oxygens (including phenoxy) is 1. The van der Waals surface area contributed by atoms with Crippen LogP contribution in [0.5, 0.6) is 17.4 Å². The fraction of sp³-hybridized carbons (Fsp3) is 0.250. The van der Waals surface area contributed by atoms with E-state index in [-0.39, 0.29) is 28.9 Å². The van der Waals surface area contributed by atoms with Crippen LogP contribution in [0, 0.1) is 5.82 Å². The maximum absolute atomic E-state index is 12.7. The Morgan fingerprint density at radius 1 is 1.37 bits per heavy atom. The number of benzene rings is 1. The first-order valence-electron chi connectivity index (χ1n) is 5.58. The zero-order valence-electron chi connectivity index (χ0n) is 9.85. The molecule has 5 nitrogen and oxygen atoms in total. The molecule has 0 unspecified atom stereocenters. The maximum atomic E-state index is 12.7. The molecule has 2 aromatic rings. The van der Waals surface area contributed by atoms with Crippen molar-refractivity contribution < 1.29 is 19.3 Å². The van der Waals surface area contributed by atoms with E-state index in [1.807, 2.05) is 0 Å². The molecule has 0 aliphatic rings. The topological polar surface area (TPSA) is 82.6 Å². The summed E-state index contributed by atoms with van der Waals surface area (Å²) in [5, 5.41) is 18.8. The Balaban J connectivity index is 1.84. The molecule has 7 heteroatoms. The van der Waals surface area contributed by atoms with Crippen LogP contribution in [0.25, 0.3) is 0 Å². The first-order chi connectivity index (χ1) is 9.06. The molecule has 1 aromatic heterocycles. The third-order valence-corrected chi connectivity index (χ3v) is 3.36. The predicted octanol–water partition coefficient (Wildman–Crippen LogP) is 2.00. The monoisotopic (exact) mass is 285 g/mol. The predicted molar refractivity (Wildman–Crippen MR) is 68.5 cm³/mol. The lowest BCUT2D eigenvalue weighted by Gasteiger charge is -2.07. The third kappa shape index (κ3) is 3.47. The lowest BCUT2D eigenvalue weighted by atomic mass is 10.3. The van der Waals surface area contributed by atoms with Crippen LogP contribution in [0.15, 0.2) is 23.0 Å². The zero-order chi connectivity index (χ0) is 13.8. The van der Waals surface area contributed by atoms with Gasteiger partial charge in [-0.3, -0.25) is 9.78 Å².